The number of methoxy groups -OCH3 is 1. The zero-order valence-corrected chi connectivity index (χ0v) is 14.9. The fourth-order valence-electron chi connectivity index (χ4n) is 3.36. The number of benzene rings is 2. The average Bonchev–Trinajstić information content (AvgIpc) is 2.68. The Hall–Kier alpha value is -1.88. The maximum atomic E-state index is 10.3. The van der Waals surface area contributed by atoms with Gasteiger partial charge in [0.2, 0.25) is 0 Å². The monoisotopic (exact) mass is 340 g/mol. The zero-order chi connectivity index (χ0) is 17.5. The smallest absolute Gasteiger partial charge is 0.118 e. The number of hydrogen-bond acceptors (Lipinski definition) is 4. The first-order valence-corrected chi connectivity index (χ1v) is 9.06. The third kappa shape index (κ3) is 5.30. The molecule has 0 bridgehead atoms. The van der Waals surface area contributed by atoms with Crippen molar-refractivity contribution >= 4 is 0 Å². The molecular formula is C21H28N2O2. The van der Waals surface area contributed by atoms with Gasteiger partial charge in [-0.05, 0) is 49.2 Å². The van der Waals surface area contributed by atoms with E-state index in [1.54, 1.807) is 7.11 Å². The van der Waals surface area contributed by atoms with Crippen molar-refractivity contribution in [2.75, 3.05) is 26.7 Å². The van der Waals surface area contributed by atoms with Crippen LogP contribution in [0.15, 0.2) is 54.6 Å². The normalized spacial score (nSPS) is 17.4. The molecule has 4 heteroatoms. The Morgan fingerprint density at radius 3 is 2.40 bits per heavy atom. The number of ether oxygens (including phenoxy) is 1. The van der Waals surface area contributed by atoms with Crippen LogP contribution < -0.4 is 10.1 Å². The summed E-state index contributed by atoms with van der Waals surface area (Å²) in [5, 5.41) is 13.9. The highest BCUT2D eigenvalue weighted by Gasteiger charge is 2.20. The Balaban J connectivity index is 1.39. The third-order valence-corrected chi connectivity index (χ3v) is 4.94. The lowest BCUT2D eigenvalue weighted by Gasteiger charge is -2.33. The van der Waals surface area contributed by atoms with E-state index in [2.05, 4.69) is 40.5 Å². The van der Waals surface area contributed by atoms with Crippen LogP contribution in [0.4, 0.5) is 0 Å². The molecule has 2 N–H and O–H groups in total. The second-order valence-corrected chi connectivity index (χ2v) is 6.73. The number of piperidine rings is 1. The maximum Gasteiger partial charge on any atom is 0.118 e. The van der Waals surface area contributed by atoms with Crippen molar-refractivity contribution in [3.63, 3.8) is 0 Å². The number of nitrogens with zero attached hydrogens (tertiary/aromatic N) is 1. The minimum Gasteiger partial charge on any atom is -0.497 e. The molecule has 3 rings (SSSR count). The lowest BCUT2D eigenvalue weighted by molar-refractivity contribution is 0.149. The van der Waals surface area contributed by atoms with Crippen molar-refractivity contribution in [2.24, 2.45) is 0 Å². The van der Waals surface area contributed by atoms with Gasteiger partial charge in [0.05, 0.1) is 13.2 Å². The molecule has 0 radical (unpaired) electrons. The number of nitrogens with one attached hydrogen (secondary N) is 1. The number of hydrogen-bond donors (Lipinski definition) is 2. The van der Waals surface area contributed by atoms with Gasteiger partial charge in [-0.2, -0.15) is 0 Å². The summed E-state index contributed by atoms with van der Waals surface area (Å²) in [7, 11) is 1.65. The summed E-state index contributed by atoms with van der Waals surface area (Å²) in [6, 6.07) is 18.8. The van der Waals surface area contributed by atoms with Crippen molar-refractivity contribution in [2.45, 2.75) is 31.5 Å². The summed E-state index contributed by atoms with van der Waals surface area (Å²) >= 11 is 0. The van der Waals surface area contributed by atoms with Crippen LogP contribution in [-0.2, 0) is 6.54 Å². The van der Waals surface area contributed by atoms with Gasteiger partial charge in [0.15, 0.2) is 0 Å². The molecule has 134 valence electrons. The fraction of sp³-hybridized carbons (Fsp3) is 0.429. The summed E-state index contributed by atoms with van der Waals surface area (Å²) < 4.78 is 5.15. The van der Waals surface area contributed by atoms with E-state index >= 15 is 0 Å². The van der Waals surface area contributed by atoms with E-state index in [0.29, 0.717) is 12.6 Å². The molecule has 0 spiro atoms. The summed E-state index contributed by atoms with van der Waals surface area (Å²) in [5.41, 5.74) is 2.30. The summed E-state index contributed by atoms with van der Waals surface area (Å²) in [5.74, 6) is 0.815. The van der Waals surface area contributed by atoms with Crippen LogP contribution in [0, 0.1) is 0 Å². The summed E-state index contributed by atoms with van der Waals surface area (Å²) in [6.45, 7) is 3.83. The molecule has 4 nitrogen and oxygen atoms in total. The van der Waals surface area contributed by atoms with Gasteiger partial charge >= 0.3 is 0 Å². The zero-order valence-electron chi connectivity index (χ0n) is 14.9. The lowest BCUT2D eigenvalue weighted by Crippen LogP contribution is -2.43. The van der Waals surface area contributed by atoms with Gasteiger partial charge in [-0.3, -0.25) is 4.90 Å². The molecule has 0 amide bonds. The molecule has 2 aromatic carbocycles. The van der Waals surface area contributed by atoms with E-state index in [4.69, 9.17) is 4.74 Å². The Kier molecular flexibility index (Phi) is 6.45. The quantitative estimate of drug-likeness (QED) is 0.813. The van der Waals surface area contributed by atoms with E-state index in [1.807, 2.05) is 24.3 Å². The van der Waals surface area contributed by atoms with E-state index in [-0.39, 0.29) is 0 Å². The first kappa shape index (κ1) is 17.9. The van der Waals surface area contributed by atoms with Crippen LogP contribution in [0.2, 0.25) is 0 Å². The van der Waals surface area contributed by atoms with Gasteiger partial charge in [-0.1, -0.05) is 42.5 Å². The minimum absolute atomic E-state index is 0.478. The van der Waals surface area contributed by atoms with Crippen molar-refractivity contribution in [3.05, 3.63) is 65.7 Å². The van der Waals surface area contributed by atoms with Crippen LogP contribution >= 0.6 is 0 Å². The van der Waals surface area contributed by atoms with E-state index in [1.165, 1.54) is 5.56 Å². The molecule has 0 unspecified atom stereocenters. The predicted octanol–water partition coefficient (Wildman–Crippen LogP) is 2.98. The average molecular weight is 340 g/mol. The maximum absolute atomic E-state index is 10.3. The lowest BCUT2D eigenvalue weighted by atomic mass is 10.0. The van der Waals surface area contributed by atoms with Crippen molar-refractivity contribution in [3.8, 4) is 5.75 Å². The molecule has 25 heavy (non-hydrogen) atoms. The molecule has 1 aliphatic rings. The first-order chi connectivity index (χ1) is 12.2. The Bertz CT molecular complexity index is 622. The van der Waals surface area contributed by atoms with Crippen LogP contribution in [0.3, 0.4) is 0 Å². The number of aliphatic hydroxyl groups excluding tert-OH is 1. The number of aliphatic hydroxyl groups is 1. The Morgan fingerprint density at radius 2 is 1.76 bits per heavy atom. The number of rotatable bonds is 7. The largest absolute Gasteiger partial charge is 0.497 e. The van der Waals surface area contributed by atoms with Crippen LogP contribution in [-0.4, -0.2) is 42.8 Å². The molecule has 0 saturated carbocycles. The van der Waals surface area contributed by atoms with Crippen molar-refractivity contribution in [1.29, 1.82) is 0 Å². The van der Waals surface area contributed by atoms with Crippen LogP contribution in [0.25, 0.3) is 0 Å². The highest BCUT2D eigenvalue weighted by Crippen LogP contribution is 2.18. The highest BCUT2D eigenvalue weighted by atomic mass is 16.5. The molecule has 1 heterocycles. The SMILES string of the molecule is COc1ccc([C@H](O)CNC2CCN(Cc3ccccc3)CC2)cc1. The summed E-state index contributed by atoms with van der Waals surface area (Å²) in [6.07, 6.45) is 1.78. The molecular weight excluding hydrogens is 312 g/mol. The van der Waals surface area contributed by atoms with Crippen LogP contribution in [0.5, 0.6) is 5.75 Å². The van der Waals surface area contributed by atoms with Crippen molar-refractivity contribution < 1.29 is 9.84 Å². The molecule has 0 aliphatic carbocycles. The van der Waals surface area contributed by atoms with Gasteiger partial charge in [0.1, 0.15) is 5.75 Å². The molecule has 2 aromatic rings. The van der Waals surface area contributed by atoms with Gasteiger partial charge in [-0.25, -0.2) is 0 Å². The van der Waals surface area contributed by atoms with Gasteiger partial charge in [0, 0.05) is 19.1 Å². The van der Waals surface area contributed by atoms with Gasteiger partial charge < -0.3 is 15.2 Å². The molecule has 1 atom stereocenters. The molecule has 1 fully saturated rings. The highest BCUT2D eigenvalue weighted by molar-refractivity contribution is 5.28. The second-order valence-electron chi connectivity index (χ2n) is 6.73. The van der Waals surface area contributed by atoms with Gasteiger partial charge in [-0.15, -0.1) is 0 Å². The second kappa shape index (κ2) is 8.99. The van der Waals surface area contributed by atoms with Crippen LogP contribution in [0.1, 0.15) is 30.1 Å². The topological polar surface area (TPSA) is 44.7 Å². The Morgan fingerprint density at radius 1 is 1.08 bits per heavy atom. The standard InChI is InChI=1S/C21H28N2O2/c1-25-20-9-7-18(8-10-20)21(24)15-22-19-11-13-23(14-12-19)16-17-5-3-2-4-6-17/h2-10,19,21-22,24H,11-16H2,1H3/t21-/m1/s1. The fourth-order valence-corrected chi connectivity index (χ4v) is 3.36. The minimum atomic E-state index is -0.478. The van der Waals surface area contributed by atoms with E-state index in [0.717, 1.165) is 43.8 Å². The van der Waals surface area contributed by atoms with E-state index in [9.17, 15) is 5.11 Å². The molecule has 1 saturated heterocycles. The van der Waals surface area contributed by atoms with E-state index < -0.39 is 6.10 Å². The van der Waals surface area contributed by atoms with Crippen molar-refractivity contribution in [1.82, 2.24) is 10.2 Å². The number of likely N-dealkylation sites (tertiary alicyclic amines) is 1. The summed E-state index contributed by atoms with van der Waals surface area (Å²) in [4.78, 5) is 2.51. The molecule has 0 aromatic heterocycles. The molecule has 1 aliphatic heterocycles. The first-order valence-electron chi connectivity index (χ1n) is 9.06. The predicted molar refractivity (Wildman–Crippen MR) is 101 cm³/mol. The third-order valence-electron chi connectivity index (χ3n) is 4.94. The Labute approximate surface area is 150 Å². The van der Waals surface area contributed by atoms with Gasteiger partial charge in [0.25, 0.3) is 0 Å².